The van der Waals surface area contributed by atoms with Crippen LogP contribution in [-0.4, -0.2) is 4.98 Å². The number of hydrogen-bond acceptors (Lipinski definition) is 3. The average Bonchev–Trinajstić information content (AvgIpc) is 2.91. The summed E-state index contributed by atoms with van der Waals surface area (Å²) >= 11 is 0. The highest BCUT2D eigenvalue weighted by atomic mass is 16.3. The third kappa shape index (κ3) is 2.00. The molecule has 2 heterocycles. The van der Waals surface area contributed by atoms with Crippen molar-refractivity contribution in [2.45, 2.75) is 12.5 Å². The number of pyridine rings is 1. The van der Waals surface area contributed by atoms with Gasteiger partial charge in [-0.15, -0.1) is 0 Å². The second-order valence-corrected chi connectivity index (χ2v) is 4.36. The number of furan rings is 1. The fraction of sp³-hybridized carbons (Fsp3) is 0.133. The Kier molecular flexibility index (Phi) is 2.82. The number of fused-ring (bicyclic) bond motifs is 1. The molecule has 3 nitrogen and oxygen atoms in total. The van der Waals surface area contributed by atoms with Crippen molar-refractivity contribution in [1.82, 2.24) is 4.98 Å². The molecule has 3 aromatic rings. The number of rotatable bonds is 3. The van der Waals surface area contributed by atoms with Crippen LogP contribution in [0.25, 0.3) is 10.8 Å². The van der Waals surface area contributed by atoms with Crippen molar-refractivity contribution >= 4 is 10.8 Å². The smallest absolute Gasteiger partial charge is 0.0935 e. The van der Waals surface area contributed by atoms with E-state index in [-0.39, 0.29) is 6.04 Å². The van der Waals surface area contributed by atoms with Gasteiger partial charge in [-0.3, -0.25) is 4.98 Å². The van der Waals surface area contributed by atoms with Crippen molar-refractivity contribution in [3.8, 4) is 0 Å². The second-order valence-electron chi connectivity index (χ2n) is 4.36. The van der Waals surface area contributed by atoms with Crippen molar-refractivity contribution in [2.24, 2.45) is 5.73 Å². The molecule has 0 amide bonds. The van der Waals surface area contributed by atoms with Crippen molar-refractivity contribution in [3.05, 3.63) is 66.4 Å². The molecule has 0 aliphatic rings. The Bertz CT molecular complexity index is 641. The minimum absolute atomic E-state index is 0.117. The topological polar surface area (TPSA) is 52.0 Å². The summed E-state index contributed by atoms with van der Waals surface area (Å²) in [5.41, 5.74) is 8.28. The normalized spacial score (nSPS) is 12.7. The van der Waals surface area contributed by atoms with Crippen LogP contribution < -0.4 is 5.73 Å². The third-order valence-electron chi connectivity index (χ3n) is 3.09. The number of nitrogens with two attached hydrogens (primary N) is 1. The highest BCUT2D eigenvalue weighted by molar-refractivity contribution is 5.84. The lowest BCUT2D eigenvalue weighted by Gasteiger charge is -2.12. The monoisotopic (exact) mass is 238 g/mol. The summed E-state index contributed by atoms with van der Waals surface area (Å²) in [7, 11) is 0. The second kappa shape index (κ2) is 4.63. The molecule has 1 unspecified atom stereocenters. The van der Waals surface area contributed by atoms with Crippen molar-refractivity contribution in [1.29, 1.82) is 0 Å². The van der Waals surface area contributed by atoms with Crippen LogP contribution in [0.5, 0.6) is 0 Å². The molecule has 0 radical (unpaired) electrons. The molecule has 1 atom stereocenters. The van der Waals surface area contributed by atoms with Gasteiger partial charge in [-0.05, 0) is 29.5 Å². The van der Waals surface area contributed by atoms with E-state index in [2.05, 4.69) is 17.1 Å². The van der Waals surface area contributed by atoms with Gasteiger partial charge in [-0.25, -0.2) is 0 Å². The molecule has 0 bridgehead atoms. The Labute approximate surface area is 105 Å². The van der Waals surface area contributed by atoms with Gasteiger partial charge in [0.05, 0.1) is 24.3 Å². The molecule has 2 aromatic heterocycles. The zero-order valence-electron chi connectivity index (χ0n) is 9.91. The van der Waals surface area contributed by atoms with Crippen LogP contribution in [0, 0.1) is 0 Å². The average molecular weight is 238 g/mol. The maximum Gasteiger partial charge on any atom is 0.0935 e. The van der Waals surface area contributed by atoms with Gasteiger partial charge in [-0.2, -0.15) is 0 Å². The summed E-state index contributed by atoms with van der Waals surface area (Å²) in [6.45, 7) is 0. The molecule has 0 fully saturated rings. The van der Waals surface area contributed by atoms with Crippen molar-refractivity contribution < 1.29 is 4.42 Å². The predicted octanol–water partition coefficient (Wildman–Crippen LogP) is 3.07. The quantitative estimate of drug-likeness (QED) is 0.763. The molecular formula is C15H14N2O. The summed E-state index contributed by atoms with van der Waals surface area (Å²) in [6, 6.07) is 12.0. The number of aromatic nitrogens is 1. The van der Waals surface area contributed by atoms with Crippen LogP contribution in [0.4, 0.5) is 0 Å². The Morgan fingerprint density at radius 2 is 2.06 bits per heavy atom. The molecule has 0 aliphatic carbocycles. The molecule has 1 aromatic carbocycles. The van der Waals surface area contributed by atoms with Crippen molar-refractivity contribution in [3.63, 3.8) is 0 Å². The third-order valence-corrected chi connectivity index (χ3v) is 3.09. The minimum Gasteiger partial charge on any atom is -0.472 e. The summed E-state index contributed by atoms with van der Waals surface area (Å²) < 4.78 is 5.06. The van der Waals surface area contributed by atoms with Crippen LogP contribution in [0.3, 0.4) is 0 Å². The van der Waals surface area contributed by atoms with E-state index in [1.165, 1.54) is 5.39 Å². The highest BCUT2D eigenvalue weighted by Gasteiger charge is 2.12. The molecule has 0 aliphatic heterocycles. The van der Waals surface area contributed by atoms with Gasteiger partial charge in [0.15, 0.2) is 0 Å². The molecule has 0 spiro atoms. The van der Waals surface area contributed by atoms with Gasteiger partial charge >= 0.3 is 0 Å². The van der Waals surface area contributed by atoms with Gasteiger partial charge in [-0.1, -0.05) is 24.3 Å². The van der Waals surface area contributed by atoms with E-state index in [1.54, 1.807) is 12.5 Å². The van der Waals surface area contributed by atoms with E-state index in [0.29, 0.717) is 0 Å². The Morgan fingerprint density at radius 3 is 2.89 bits per heavy atom. The standard InChI is InChI=1S/C15H14N2O/c16-14(9-11-6-8-18-10-11)15-13-4-2-1-3-12(13)5-7-17-15/h1-8,10,14H,9,16H2. The molecule has 3 heteroatoms. The Hall–Kier alpha value is -2.13. The van der Waals surface area contributed by atoms with Gasteiger partial charge < -0.3 is 10.2 Å². The van der Waals surface area contributed by atoms with E-state index in [1.807, 2.05) is 30.5 Å². The lowest BCUT2D eigenvalue weighted by molar-refractivity contribution is 0.561. The van der Waals surface area contributed by atoms with Gasteiger partial charge in [0.2, 0.25) is 0 Å². The largest absolute Gasteiger partial charge is 0.472 e. The lowest BCUT2D eigenvalue weighted by Crippen LogP contribution is -2.15. The zero-order valence-corrected chi connectivity index (χ0v) is 9.91. The molecule has 18 heavy (non-hydrogen) atoms. The van der Waals surface area contributed by atoms with E-state index in [0.717, 1.165) is 23.1 Å². The molecule has 3 rings (SSSR count). The SMILES string of the molecule is NC(Cc1ccoc1)c1nccc2ccccc12. The lowest BCUT2D eigenvalue weighted by atomic mass is 10.0. The van der Waals surface area contributed by atoms with E-state index < -0.39 is 0 Å². The van der Waals surface area contributed by atoms with E-state index in [9.17, 15) is 0 Å². The number of hydrogen-bond donors (Lipinski definition) is 1. The summed E-state index contributed by atoms with van der Waals surface area (Å²) in [5, 5.41) is 2.29. The highest BCUT2D eigenvalue weighted by Crippen LogP contribution is 2.23. The van der Waals surface area contributed by atoms with Crippen LogP contribution in [-0.2, 0) is 6.42 Å². The molecule has 0 saturated carbocycles. The van der Waals surface area contributed by atoms with E-state index >= 15 is 0 Å². The molecule has 0 saturated heterocycles. The minimum atomic E-state index is -0.117. The summed E-state index contributed by atoms with van der Waals surface area (Å²) in [4.78, 5) is 4.43. The van der Waals surface area contributed by atoms with E-state index in [4.69, 9.17) is 10.2 Å². The number of benzene rings is 1. The Morgan fingerprint density at radius 1 is 1.17 bits per heavy atom. The van der Waals surface area contributed by atoms with Gasteiger partial charge in [0.1, 0.15) is 0 Å². The first-order valence-electron chi connectivity index (χ1n) is 5.95. The molecule has 2 N–H and O–H groups in total. The van der Waals surface area contributed by atoms with Gasteiger partial charge in [0, 0.05) is 11.6 Å². The Balaban J connectivity index is 1.98. The first-order valence-corrected chi connectivity index (χ1v) is 5.95. The first-order chi connectivity index (χ1) is 8.84. The van der Waals surface area contributed by atoms with Crippen LogP contribution in [0.2, 0.25) is 0 Å². The summed E-state index contributed by atoms with van der Waals surface area (Å²) in [6.07, 6.45) is 5.94. The van der Waals surface area contributed by atoms with Gasteiger partial charge in [0.25, 0.3) is 0 Å². The molecule has 90 valence electrons. The fourth-order valence-corrected chi connectivity index (χ4v) is 2.20. The van der Waals surface area contributed by atoms with Crippen LogP contribution in [0.15, 0.2) is 59.5 Å². The number of nitrogens with zero attached hydrogens (tertiary/aromatic N) is 1. The fourth-order valence-electron chi connectivity index (χ4n) is 2.20. The first kappa shape index (κ1) is 11.0. The van der Waals surface area contributed by atoms with Crippen LogP contribution >= 0.6 is 0 Å². The maximum absolute atomic E-state index is 6.25. The zero-order chi connectivity index (χ0) is 12.4. The summed E-state index contributed by atoms with van der Waals surface area (Å²) in [5.74, 6) is 0. The maximum atomic E-state index is 6.25. The molecular weight excluding hydrogens is 224 g/mol. The predicted molar refractivity (Wildman–Crippen MR) is 71.1 cm³/mol. The van der Waals surface area contributed by atoms with Crippen LogP contribution in [0.1, 0.15) is 17.3 Å². The van der Waals surface area contributed by atoms with Crippen molar-refractivity contribution in [2.75, 3.05) is 0 Å².